The Morgan fingerprint density at radius 1 is 1.47 bits per heavy atom. The fourth-order valence-electron chi connectivity index (χ4n) is 1.77. The number of ether oxygens (including phenoxy) is 1. The van der Waals surface area contributed by atoms with Gasteiger partial charge in [-0.25, -0.2) is 4.98 Å². The zero-order valence-corrected chi connectivity index (χ0v) is 9.99. The molecular weight excluding hydrogens is 242 g/mol. The van der Waals surface area contributed by atoms with Crippen LogP contribution in [0.2, 0.25) is 0 Å². The molecule has 1 fully saturated rings. The van der Waals surface area contributed by atoms with Crippen LogP contribution in [0.3, 0.4) is 0 Å². The van der Waals surface area contributed by atoms with E-state index >= 15 is 0 Å². The second-order valence-electron chi connectivity index (χ2n) is 4.30. The van der Waals surface area contributed by atoms with Crippen molar-refractivity contribution in [2.24, 2.45) is 4.40 Å². The molecule has 0 aliphatic carbocycles. The lowest BCUT2D eigenvalue weighted by molar-refractivity contribution is 0.0803. The van der Waals surface area contributed by atoms with Crippen LogP contribution >= 0.6 is 0 Å². The highest BCUT2D eigenvalue weighted by Crippen LogP contribution is 2.31. The molecule has 6 nitrogen and oxygen atoms in total. The number of hydrogen-bond donors (Lipinski definition) is 1. The fraction of sp³-hybridized carbons (Fsp3) is 0.400. The lowest BCUT2D eigenvalue weighted by Crippen LogP contribution is -2.64. The van der Waals surface area contributed by atoms with E-state index in [9.17, 15) is 8.42 Å². The van der Waals surface area contributed by atoms with E-state index in [1.165, 1.54) is 12.3 Å². The molecule has 2 aliphatic rings. The summed E-state index contributed by atoms with van der Waals surface area (Å²) < 4.78 is 33.2. The number of fused-ring (bicyclic) bond motifs is 1. The Morgan fingerprint density at radius 2 is 2.24 bits per heavy atom. The number of aromatic nitrogens is 1. The summed E-state index contributed by atoms with van der Waals surface area (Å²) >= 11 is 0. The Morgan fingerprint density at radius 3 is 2.88 bits per heavy atom. The smallest absolute Gasteiger partial charge is 0.287 e. The molecule has 0 bridgehead atoms. The summed E-state index contributed by atoms with van der Waals surface area (Å²) in [4.78, 5) is 4.08. The molecule has 0 amide bonds. The van der Waals surface area contributed by atoms with Crippen LogP contribution in [0, 0.1) is 6.92 Å². The molecule has 3 rings (SSSR count). The number of rotatable bonds is 0. The van der Waals surface area contributed by atoms with E-state index < -0.39 is 15.6 Å². The highest BCUT2D eigenvalue weighted by Gasteiger charge is 2.42. The number of aryl methyl sites for hydroxylation is 1. The molecule has 0 saturated carbocycles. The molecule has 3 heterocycles. The molecule has 1 spiro atoms. The van der Waals surface area contributed by atoms with Crippen molar-refractivity contribution in [1.82, 2.24) is 10.3 Å². The summed E-state index contributed by atoms with van der Waals surface area (Å²) in [7, 11) is -3.69. The quantitative estimate of drug-likeness (QED) is 0.697. The summed E-state index contributed by atoms with van der Waals surface area (Å²) in [5, 5.41) is 3.03. The van der Waals surface area contributed by atoms with E-state index in [2.05, 4.69) is 14.7 Å². The van der Waals surface area contributed by atoms with Gasteiger partial charge in [0.1, 0.15) is 0 Å². The average molecular weight is 253 g/mol. The minimum absolute atomic E-state index is 0.0394. The van der Waals surface area contributed by atoms with Gasteiger partial charge in [0, 0.05) is 19.3 Å². The van der Waals surface area contributed by atoms with Gasteiger partial charge in [0.25, 0.3) is 10.0 Å². The van der Waals surface area contributed by atoms with Crippen LogP contribution in [0.1, 0.15) is 5.56 Å². The first-order valence-corrected chi connectivity index (χ1v) is 6.63. The number of nitrogens with one attached hydrogen (secondary N) is 1. The maximum atomic E-state index is 11.9. The third kappa shape index (κ3) is 1.62. The van der Waals surface area contributed by atoms with Crippen LogP contribution in [0.25, 0.3) is 0 Å². The second kappa shape index (κ2) is 3.27. The van der Waals surface area contributed by atoms with E-state index in [-0.39, 0.29) is 10.8 Å². The monoisotopic (exact) mass is 253 g/mol. The molecule has 1 saturated heterocycles. The van der Waals surface area contributed by atoms with E-state index in [0.29, 0.717) is 13.1 Å². The molecule has 0 radical (unpaired) electrons. The number of pyridine rings is 1. The first-order chi connectivity index (χ1) is 8.01. The summed E-state index contributed by atoms with van der Waals surface area (Å²) in [5.74, 6) is 0.134. The summed E-state index contributed by atoms with van der Waals surface area (Å²) in [6, 6.07) is 1.53. The van der Waals surface area contributed by atoms with Gasteiger partial charge in [-0.15, -0.1) is 0 Å². The van der Waals surface area contributed by atoms with Crippen molar-refractivity contribution in [1.29, 1.82) is 0 Å². The molecule has 0 aromatic carbocycles. The predicted molar refractivity (Wildman–Crippen MR) is 60.9 cm³/mol. The molecule has 1 aromatic rings. The minimum Gasteiger partial charge on any atom is -0.461 e. The van der Waals surface area contributed by atoms with E-state index in [1.807, 2.05) is 0 Å². The summed E-state index contributed by atoms with van der Waals surface area (Å²) in [6.45, 7) is 2.86. The van der Waals surface area contributed by atoms with Crippen molar-refractivity contribution < 1.29 is 13.2 Å². The maximum Gasteiger partial charge on any atom is 0.287 e. The fourth-order valence-corrected chi connectivity index (χ4v) is 2.86. The maximum absolute atomic E-state index is 11.9. The van der Waals surface area contributed by atoms with Gasteiger partial charge in [-0.1, -0.05) is 0 Å². The van der Waals surface area contributed by atoms with Crippen molar-refractivity contribution in [3.63, 3.8) is 0 Å². The molecule has 17 heavy (non-hydrogen) atoms. The molecule has 1 N–H and O–H groups in total. The van der Waals surface area contributed by atoms with Crippen LogP contribution in [-0.4, -0.2) is 38.3 Å². The lowest BCUT2D eigenvalue weighted by Gasteiger charge is -2.37. The summed E-state index contributed by atoms with van der Waals surface area (Å²) in [5.41, 5.74) is 0.0921. The Balaban J connectivity index is 2.20. The molecule has 1 aromatic heterocycles. The Kier molecular flexibility index (Phi) is 2.05. The molecule has 2 aliphatic heterocycles. The second-order valence-corrected chi connectivity index (χ2v) is 5.90. The van der Waals surface area contributed by atoms with Crippen molar-refractivity contribution in [2.75, 3.05) is 13.1 Å². The van der Waals surface area contributed by atoms with Gasteiger partial charge < -0.3 is 10.1 Å². The third-order valence-corrected chi connectivity index (χ3v) is 4.04. The first kappa shape index (κ1) is 10.7. The van der Waals surface area contributed by atoms with Crippen LogP contribution in [0.5, 0.6) is 5.88 Å². The van der Waals surface area contributed by atoms with Gasteiger partial charge in [0.2, 0.25) is 5.88 Å². The van der Waals surface area contributed by atoms with Crippen molar-refractivity contribution in [2.45, 2.75) is 17.4 Å². The first-order valence-electron chi connectivity index (χ1n) is 5.19. The zero-order chi connectivity index (χ0) is 12.1. The number of nitrogens with zero attached hydrogens (tertiary/aromatic N) is 2. The van der Waals surface area contributed by atoms with Gasteiger partial charge >= 0.3 is 0 Å². The highest BCUT2D eigenvalue weighted by molar-refractivity contribution is 7.90. The number of hydrogen-bond acceptors (Lipinski definition) is 5. The van der Waals surface area contributed by atoms with Gasteiger partial charge in [-0.05, 0) is 18.6 Å². The topological polar surface area (TPSA) is 80.7 Å². The highest BCUT2D eigenvalue weighted by atomic mass is 32.2. The molecule has 0 unspecified atom stereocenters. The van der Waals surface area contributed by atoms with Gasteiger partial charge in [0.05, 0.1) is 6.21 Å². The van der Waals surface area contributed by atoms with Crippen LogP contribution in [0.15, 0.2) is 21.6 Å². The van der Waals surface area contributed by atoms with Gasteiger partial charge in [-0.2, -0.15) is 12.8 Å². The van der Waals surface area contributed by atoms with Crippen LogP contribution in [0.4, 0.5) is 0 Å². The van der Waals surface area contributed by atoms with Gasteiger partial charge in [0.15, 0.2) is 10.5 Å². The zero-order valence-electron chi connectivity index (χ0n) is 9.17. The molecule has 90 valence electrons. The molecule has 7 heteroatoms. The Labute approximate surface area is 98.8 Å². The predicted octanol–water partition coefficient (Wildman–Crippen LogP) is -0.116. The average Bonchev–Trinajstić information content (AvgIpc) is 2.34. The van der Waals surface area contributed by atoms with Crippen LogP contribution < -0.4 is 10.1 Å². The molecular formula is C10H11N3O3S. The number of sulfonamides is 1. The molecule has 0 atom stereocenters. The third-order valence-electron chi connectivity index (χ3n) is 2.81. The van der Waals surface area contributed by atoms with Crippen molar-refractivity contribution in [3.05, 3.63) is 17.8 Å². The largest absolute Gasteiger partial charge is 0.461 e. The van der Waals surface area contributed by atoms with Crippen molar-refractivity contribution >= 4 is 16.2 Å². The minimum atomic E-state index is -3.69. The van der Waals surface area contributed by atoms with E-state index in [1.54, 1.807) is 13.1 Å². The Bertz CT molecular complexity index is 605. The normalized spacial score (nSPS) is 23.4. The summed E-state index contributed by atoms with van der Waals surface area (Å²) in [6.07, 6.45) is 2.94. The SMILES string of the molecule is Cc1cnc2c(c1)S(=O)(=O)N=CC1(CNC1)O2. The van der Waals surface area contributed by atoms with E-state index in [0.717, 1.165) is 5.56 Å². The van der Waals surface area contributed by atoms with E-state index in [4.69, 9.17) is 4.74 Å². The Hall–Kier alpha value is -1.47. The van der Waals surface area contributed by atoms with Crippen LogP contribution in [-0.2, 0) is 10.0 Å². The van der Waals surface area contributed by atoms with Crippen molar-refractivity contribution in [3.8, 4) is 5.88 Å². The lowest BCUT2D eigenvalue weighted by atomic mass is 9.99. The van der Waals surface area contributed by atoms with Gasteiger partial charge in [-0.3, -0.25) is 0 Å². The standard InChI is InChI=1S/C10H11N3O3S/c1-7-2-8-9(12-3-7)16-10(4-11-5-10)6-13-17(8,14)15/h2-3,6,11H,4-5H2,1H3.